The lowest BCUT2D eigenvalue weighted by molar-refractivity contribution is 0.174. The smallest absolute Gasteiger partial charge is 0.258 e. The standard InChI is InChI=1S/C23H18N2O4/c1-15-5-7-16(8-6-15)13-26-19-4-2-3-17(11-19)22-24-23(29-25-22)18-9-10-20-21(12-18)28-14-27-20/h2-12H,13-14H2,1H3. The lowest BCUT2D eigenvalue weighted by Crippen LogP contribution is -1.95. The van der Waals surface area contributed by atoms with Gasteiger partial charge in [0.05, 0.1) is 0 Å². The van der Waals surface area contributed by atoms with Gasteiger partial charge in [0, 0.05) is 11.1 Å². The largest absolute Gasteiger partial charge is 0.489 e. The van der Waals surface area contributed by atoms with E-state index < -0.39 is 0 Å². The van der Waals surface area contributed by atoms with Crippen LogP contribution in [0, 0.1) is 6.92 Å². The molecule has 144 valence electrons. The van der Waals surface area contributed by atoms with Gasteiger partial charge in [0.2, 0.25) is 12.6 Å². The maximum Gasteiger partial charge on any atom is 0.258 e. The molecule has 0 atom stereocenters. The van der Waals surface area contributed by atoms with Crippen LogP contribution in [0.25, 0.3) is 22.8 Å². The fraction of sp³-hybridized carbons (Fsp3) is 0.130. The van der Waals surface area contributed by atoms with Crippen LogP contribution in [0.3, 0.4) is 0 Å². The van der Waals surface area contributed by atoms with Crippen molar-refractivity contribution in [1.82, 2.24) is 10.1 Å². The molecule has 1 aromatic heterocycles. The minimum atomic E-state index is 0.225. The second-order valence-electron chi connectivity index (χ2n) is 6.79. The summed E-state index contributed by atoms with van der Waals surface area (Å²) in [4.78, 5) is 4.52. The van der Waals surface area contributed by atoms with Gasteiger partial charge in [0.25, 0.3) is 5.89 Å². The summed E-state index contributed by atoms with van der Waals surface area (Å²) in [5.41, 5.74) is 3.94. The summed E-state index contributed by atoms with van der Waals surface area (Å²) in [6, 6.07) is 21.5. The highest BCUT2D eigenvalue weighted by Crippen LogP contribution is 2.36. The van der Waals surface area contributed by atoms with Gasteiger partial charge in [-0.2, -0.15) is 4.98 Å². The number of hydrogen-bond donors (Lipinski definition) is 0. The van der Waals surface area contributed by atoms with Gasteiger partial charge < -0.3 is 18.7 Å². The van der Waals surface area contributed by atoms with Gasteiger partial charge >= 0.3 is 0 Å². The molecule has 0 saturated heterocycles. The van der Waals surface area contributed by atoms with Crippen LogP contribution in [-0.4, -0.2) is 16.9 Å². The Bertz CT molecular complexity index is 1150. The Hall–Kier alpha value is -3.80. The molecule has 6 heteroatoms. The van der Waals surface area contributed by atoms with E-state index in [0.717, 1.165) is 22.4 Å². The molecule has 6 nitrogen and oxygen atoms in total. The van der Waals surface area contributed by atoms with E-state index in [4.69, 9.17) is 18.7 Å². The van der Waals surface area contributed by atoms with Crippen molar-refractivity contribution < 1.29 is 18.7 Å². The number of hydrogen-bond acceptors (Lipinski definition) is 6. The van der Waals surface area contributed by atoms with E-state index in [9.17, 15) is 0 Å². The molecule has 4 aromatic rings. The van der Waals surface area contributed by atoms with Crippen molar-refractivity contribution >= 4 is 0 Å². The SMILES string of the molecule is Cc1ccc(COc2cccc(-c3noc(-c4ccc5c(c4)OCO5)n3)c2)cc1. The van der Waals surface area contributed by atoms with Gasteiger partial charge in [0.1, 0.15) is 12.4 Å². The van der Waals surface area contributed by atoms with Crippen LogP contribution < -0.4 is 14.2 Å². The molecule has 1 aliphatic heterocycles. The Labute approximate surface area is 167 Å². The van der Waals surface area contributed by atoms with E-state index in [0.29, 0.717) is 29.8 Å². The molecule has 0 saturated carbocycles. The molecule has 1 aliphatic rings. The molecule has 0 radical (unpaired) electrons. The number of aromatic nitrogens is 2. The summed E-state index contributed by atoms with van der Waals surface area (Å²) >= 11 is 0. The number of aryl methyl sites for hydroxylation is 1. The van der Waals surface area contributed by atoms with Crippen molar-refractivity contribution in [2.75, 3.05) is 6.79 Å². The Morgan fingerprint density at radius 3 is 2.66 bits per heavy atom. The van der Waals surface area contributed by atoms with Gasteiger partial charge in [-0.25, -0.2) is 0 Å². The zero-order valence-electron chi connectivity index (χ0n) is 15.8. The fourth-order valence-electron chi connectivity index (χ4n) is 3.06. The number of benzene rings is 3. The first kappa shape index (κ1) is 17.3. The normalized spacial score (nSPS) is 12.2. The quantitative estimate of drug-likeness (QED) is 0.480. The summed E-state index contributed by atoms with van der Waals surface area (Å²) in [5, 5.41) is 4.11. The molecule has 0 unspecified atom stereocenters. The fourth-order valence-corrected chi connectivity index (χ4v) is 3.06. The third kappa shape index (κ3) is 3.65. The van der Waals surface area contributed by atoms with Crippen LogP contribution in [-0.2, 0) is 6.61 Å². The molecule has 0 fully saturated rings. The monoisotopic (exact) mass is 386 g/mol. The van der Waals surface area contributed by atoms with Gasteiger partial charge in [-0.05, 0) is 42.8 Å². The highest BCUT2D eigenvalue weighted by atomic mass is 16.7. The summed E-state index contributed by atoms with van der Waals surface area (Å²) in [6.45, 7) is 2.79. The molecular formula is C23H18N2O4. The molecule has 5 rings (SSSR count). The summed E-state index contributed by atoms with van der Waals surface area (Å²) < 4.78 is 22.1. The van der Waals surface area contributed by atoms with Crippen molar-refractivity contribution in [2.24, 2.45) is 0 Å². The summed E-state index contributed by atoms with van der Waals surface area (Å²) in [6.07, 6.45) is 0. The van der Waals surface area contributed by atoms with Crippen LogP contribution in [0.15, 0.2) is 71.3 Å². The van der Waals surface area contributed by atoms with E-state index in [-0.39, 0.29) is 6.79 Å². The maximum absolute atomic E-state index is 5.92. The third-order valence-electron chi connectivity index (χ3n) is 4.66. The van der Waals surface area contributed by atoms with E-state index in [1.165, 1.54) is 5.56 Å². The van der Waals surface area contributed by atoms with E-state index in [2.05, 4.69) is 41.3 Å². The predicted octanol–water partition coefficient (Wildman–Crippen LogP) is 5.02. The lowest BCUT2D eigenvalue weighted by atomic mass is 10.1. The minimum absolute atomic E-state index is 0.225. The molecule has 0 spiro atoms. The lowest BCUT2D eigenvalue weighted by Gasteiger charge is -2.07. The molecule has 0 aliphatic carbocycles. The molecular weight excluding hydrogens is 368 g/mol. The van der Waals surface area contributed by atoms with E-state index in [1.807, 2.05) is 42.5 Å². The number of rotatable bonds is 5. The second-order valence-corrected chi connectivity index (χ2v) is 6.79. The predicted molar refractivity (Wildman–Crippen MR) is 107 cm³/mol. The van der Waals surface area contributed by atoms with Gasteiger partial charge in [-0.1, -0.05) is 47.1 Å². The van der Waals surface area contributed by atoms with Crippen LogP contribution in [0.4, 0.5) is 0 Å². The molecule has 3 aromatic carbocycles. The highest BCUT2D eigenvalue weighted by molar-refractivity contribution is 5.64. The number of ether oxygens (including phenoxy) is 3. The second kappa shape index (κ2) is 7.31. The maximum atomic E-state index is 5.92. The van der Waals surface area contributed by atoms with Crippen molar-refractivity contribution in [3.05, 3.63) is 77.9 Å². The van der Waals surface area contributed by atoms with Crippen molar-refractivity contribution in [3.63, 3.8) is 0 Å². The molecule has 29 heavy (non-hydrogen) atoms. The van der Waals surface area contributed by atoms with Crippen LogP contribution in [0.1, 0.15) is 11.1 Å². The Kier molecular flexibility index (Phi) is 4.37. The van der Waals surface area contributed by atoms with Gasteiger partial charge in [0.15, 0.2) is 11.5 Å². The van der Waals surface area contributed by atoms with Crippen LogP contribution in [0.5, 0.6) is 17.2 Å². The molecule has 0 bridgehead atoms. The molecule has 0 N–H and O–H groups in total. The van der Waals surface area contributed by atoms with Gasteiger partial charge in [-0.3, -0.25) is 0 Å². The van der Waals surface area contributed by atoms with Gasteiger partial charge in [-0.15, -0.1) is 0 Å². The van der Waals surface area contributed by atoms with Crippen LogP contribution >= 0.6 is 0 Å². The molecule has 2 heterocycles. The Morgan fingerprint density at radius 2 is 1.76 bits per heavy atom. The zero-order valence-corrected chi connectivity index (χ0v) is 15.8. The topological polar surface area (TPSA) is 66.6 Å². The number of fused-ring (bicyclic) bond motifs is 1. The van der Waals surface area contributed by atoms with E-state index in [1.54, 1.807) is 0 Å². The summed E-state index contributed by atoms with van der Waals surface area (Å²) in [5.74, 6) is 3.06. The van der Waals surface area contributed by atoms with Crippen molar-refractivity contribution in [2.45, 2.75) is 13.5 Å². The summed E-state index contributed by atoms with van der Waals surface area (Å²) in [7, 11) is 0. The zero-order chi connectivity index (χ0) is 19.6. The Morgan fingerprint density at radius 1 is 0.897 bits per heavy atom. The first-order chi connectivity index (χ1) is 14.2. The van der Waals surface area contributed by atoms with Crippen LogP contribution in [0.2, 0.25) is 0 Å². The van der Waals surface area contributed by atoms with Crippen molar-refractivity contribution in [3.8, 4) is 40.1 Å². The first-order valence-electron chi connectivity index (χ1n) is 9.27. The Balaban J connectivity index is 1.34. The van der Waals surface area contributed by atoms with E-state index >= 15 is 0 Å². The number of nitrogens with zero attached hydrogens (tertiary/aromatic N) is 2. The average molecular weight is 386 g/mol. The van der Waals surface area contributed by atoms with Crippen molar-refractivity contribution in [1.29, 1.82) is 0 Å². The third-order valence-corrected chi connectivity index (χ3v) is 4.66. The highest BCUT2D eigenvalue weighted by Gasteiger charge is 2.17. The minimum Gasteiger partial charge on any atom is -0.489 e. The molecule has 0 amide bonds. The average Bonchev–Trinajstić information content (AvgIpc) is 3.43. The first-order valence-corrected chi connectivity index (χ1v) is 9.27.